The fraction of sp³-hybridized carbons (Fsp3) is 0.625. The van der Waals surface area contributed by atoms with E-state index in [1.807, 2.05) is 0 Å². The molecule has 1 amide bonds. The van der Waals surface area contributed by atoms with E-state index in [1.165, 1.54) is 5.57 Å². The van der Waals surface area contributed by atoms with E-state index < -0.39 is 22.5 Å². The number of phenolic OH excluding ortho intramolecular Hbond substituents is 1. The average Bonchev–Trinajstić information content (AvgIpc) is 3.16. The number of rotatable bonds is 2. The summed E-state index contributed by atoms with van der Waals surface area (Å²) in [5.41, 5.74) is -0.445. The second-order valence-electron chi connectivity index (χ2n) is 13.7. The molecule has 5 aliphatic rings. The van der Waals surface area contributed by atoms with Crippen LogP contribution in [0.5, 0.6) is 5.75 Å². The van der Waals surface area contributed by atoms with Crippen LogP contribution in [0, 0.1) is 51.8 Å². The highest BCUT2D eigenvalue weighted by Crippen LogP contribution is 2.74. The summed E-state index contributed by atoms with van der Waals surface area (Å²) in [6, 6.07) is 6.74. The predicted octanol–water partition coefficient (Wildman–Crippen LogP) is 5.18. The lowest BCUT2D eigenvalue weighted by Crippen LogP contribution is -2.57. The number of ketones is 1. The van der Waals surface area contributed by atoms with E-state index in [9.17, 15) is 19.8 Å². The molecule has 3 fully saturated rings. The summed E-state index contributed by atoms with van der Waals surface area (Å²) in [7, 11) is 0. The van der Waals surface area contributed by atoms with Crippen molar-refractivity contribution in [3.05, 3.63) is 53.1 Å². The highest BCUT2D eigenvalue weighted by Gasteiger charge is 2.82. The van der Waals surface area contributed by atoms with Gasteiger partial charge in [-0.1, -0.05) is 69.5 Å². The van der Waals surface area contributed by atoms with Crippen molar-refractivity contribution in [3.8, 4) is 5.75 Å². The van der Waals surface area contributed by atoms with E-state index in [-0.39, 0.29) is 52.9 Å². The summed E-state index contributed by atoms with van der Waals surface area (Å²) in [5, 5.41) is 25.0. The van der Waals surface area contributed by atoms with E-state index in [1.54, 1.807) is 24.3 Å². The smallest absolute Gasteiger partial charge is 0.237 e. The highest BCUT2D eigenvalue weighted by molar-refractivity contribution is 6.13. The first kappa shape index (κ1) is 24.9. The summed E-state index contributed by atoms with van der Waals surface area (Å²) >= 11 is 0. The molecule has 2 saturated carbocycles. The third kappa shape index (κ3) is 2.95. The number of carbonyl (C=O) groups is 2. The van der Waals surface area contributed by atoms with Gasteiger partial charge in [-0.15, -0.1) is 0 Å². The first-order chi connectivity index (χ1) is 17.3. The maximum Gasteiger partial charge on any atom is 0.237 e. The molecule has 10 atom stereocenters. The number of carbonyl (C=O) groups excluding carboxylic acids is 2. The zero-order chi connectivity index (χ0) is 26.7. The minimum atomic E-state index is -1.56. The minimum absolute atomic E-state index is 0.0433. The molecule has 3 N–H and O–H groups in total. The molecule has 0 bridgehead atoms. The molecule has 1 saturated heterocycles. The molecule has 5 heteroatoms. The van der Waals surface area contributed by atoms with E-state index >= 15 is 0 Å². The van der Waals surface area contributed by atoms with E-state index in [2.05, 4.69) is 59.0 Å². The van der Waals surface area contributed by atoms with E-state index in [0.717, 1.165) is 30.4 Å². The Bertz CT molecular complexity index is 1250. The molecule has 4 aliphatic carbocycles. The quantitative estimate of drug-likeness (QED) is 0.384. The second-order valence-corrected chi connectivity index (χ2v) is 13.7. The predicted molar refractivity (Wildman–Crippen MR) is 142 cm³/mol. The monoisotopic (exact) mass is 503 g/mol. The number of nitrogens with one attached hydrogen (secondary N) is 1. The molecule has 1 aromatic rings. The Morgan fingerprint density at radius 3 is 2.35 bits per heavy atom. The molecular weight excluding hydrogens is 462 g/mol. The molecule has 6 rings (SSSR count). The van der Waals surface area contributed by atoms with E-state index in [4.69, 9.17) is 0 Å². The molecule has 198 valence electrons. The summed E-state index contributed by atoms with van der Waals surface area (Å²) in [5.74, 6) is -0.241. The SMILES string of the molecule is CC1=C[C@@]2(C)C[C@@H](C)CC[C@H]2C2C(=O)C34C(=O)N[C@@](O)(Cc5ccc(O)cc5)[C@@H]3[C@H](C)C(C)=C[C@@]4(C)C12. The maximum atomic E-state index is 15.0. The number of phenols is 1. The first-order valence-electron chi connectivity index (χ1n) is 14.0. The molecule has 1 spiro atoms. The third-order valence-corrected chi connectivity index (χ3v) is 11.5. The Morgan fingerprint density at radius 2 is 1.68 bits per heavy atom. The summed E-state index contributed by atoms with van der Waals surface area (Å²) in [6.07, 6.45) is 8.05. The van der Waals surface area contributed by atoms with Crippen LogP contribution in [0.3, 0.4) is 0 Å². The van der Waals surface area contributed by atoms with Gasteiger partial charge in [0.15, 0.2) is 5.78 Å². The summed E-state index contributed by atoms with van der Waals surface area (Å²) < 4.78 is 0. The zero-order valence-corrected chi connectivity index (χ0v) is 23.0. The lowest BCUT2D eigenvalue weighted by atomic mass is 9.48. The fourth-order valence-electron chi connectivity index (χ4n) is 10.3. The van der Waals surface area contributed by atoms with Crippen molar-refractivity contribution < 1.29 is 19.8 Å². The van der Waals surface area contributed by atoms with Gasteiger partial charge < -0.3 is 15.5 Å². The largest absolute Gasteiger partial charge is 0.508 e. The maximum absolute atomic E-state index is 15.0. The molecule has 1 aliphatic heterocycles. The van der Waals surface area contributed by atoms with Crippen LogP contribution in [0.1, 0.15) is 66.4 Å². The number of fused-ring (bicyclic) bond motifs is 4. The van der Waals surface area contributed by atoms with Crippen molar-refractivity contribution in [2.45, 2.75) is 73.0 Å². The van der Waals surface area contributed by atoms with Gasteiger partial charge in [0.2, 0.25) is 5.91 Å². The van der Waals surface area contributed by atoms with Gasteiger partial charge in [-0.3, -0.25) is 9.59 Å². The van der Waals surface area contributed by atoms with E-state index in [0.29, 0.717) is 5.92 Å². The average molecular weight is 504 g/mol. The van der Waals surface area contributed by atoms with Crippen molar-refractivity contribution in [2.24, 2.45) is 51.8 Å². The van der Waals surface area contributed by atoms with Crippen LogP contribution in [0.25, 0.3) is 0 Å². The normalized spacial score (nSPS) is 48.3. The standard InChI is InChI=1S/C32H41NO4/c1-17-7-12-23-24-25(19(3)14-29(23,5)13-17)30(6)15-18(2)20(4)26-31(37,16-21-8-10-22(34)11-9-21)33-28(36)32(26,30)27(24)35/h8-11,14-15,17,20,23-26,34,37H,7,12-13,16H2,1-6H3,(H,33,36)/t17-,20+,23-,24?,25?,26-,29+,30-,31+,32?/m0/s1. The summed E-state index contributed by atoms with van der Waals surface area (Å²) in [6.45, 7) is 13.1. The van der Waals surface area contributed by atoms with Crippen molar-refractivity contribution in [3.63, 3.8) is 0 Å². The van der Waals surface area contributed by atoms with Gasteiger partial charge in [-0.25, -0.2) is 0 Å². The Hall–Kier alpha value is -2.40. The summed E-state index contributed by atoms with van der Waals surface area (Å²) in [4.78, 5) is 29.3. The lowest BCUT2D eigenvalue weighted by Gasteiger charge is -2.53. The number of aliphatic hydroxyl groups is 1. The topological polar surface area (TPSA) is 86.6 Å². The van der Waals surface area contributed by atoms with Crippen LogP contribution in [-0.2, 0) is 16.0 Å². The molecule has 1 aromatic carbocycles. The Kier molecular flexibility index (Phi) is 5.11. The van der Waals surface area contributed by atoms with Gasteiger partial charge >= 0.3 is 0 Å². The fourth-order valence-corrected chi connectivity index (χ4v) is 10.3. The lowest BCUT2D eigenvalue weighted by molar-refractivity contribution is -0.151. The van der Waals surface area contributed by atoms with Crippen LogP contribution in [0.4, 0.5) is 0 Å². The number of hydrogen-bond acceptors (Lipinski definition) is 4. The number of benzene rings is 1. The molecule has 5 nitrogen and oxygen atoms in total. The van der Waals surface area contributed by atoms with Gasteiger partial charge in [-0.05, 0) is 73.5 Å². The van der Waals surface area contributed by atoms with Crippen LogP contribution >= 0.6 is 0 Å². The molecule has 1 heterocycles. The van der Waals surface area contributed by atoms with Crippen LogP contribution in [0.2, 0.25) is 0 Å². The van der Waals surface area contributed by atoms with Gasteiger partial charge in [0, 0.05) is 23.7 Å². The van der Waals surface area contributed by atoms with Crippen molar-refractivity contribution in [2.75, 3.05) is 0 Å². The van der Waals surface area contributed by atoms with Crippen molar-refractivity contribution >= 4 is 11.7 Å². The minimum Gasteiger partial charge on any atom is -0.508 e. The van der Waals surface area contributed by atoms with Crippen LogP contribution < -0.4 is 5.32 Å². The van der Waals surface area contributed by atoms with Gasteiger partial charge in [0.25, 0.3) is 0 Å². The number of allylic oxidation sites excluding steroid dienone is 4. The molecule has 37 heavy (non-hydrogen) atoms. The third-order valence-electron chi connectivity index (χ3n) is 11.5. The van der Waals surface area contributed by atoms with Crippen LogP contribution in [-0.4, -0.2) is 27.6 Å². The van der Waals surface area contributed by atoms with Crippen molar-refractivity contribution in [1.29, 1.82) is 0 Å². The Morgan fingerprint density at radius 1 is 1.00 bits per heavy atom. The zero-order valence-electron chi connectivity index (χ0n) is 23.0. The van der Waals surface area contributed by atoms with Crippen LogP contribution in [0.15, 0.2) is 47.6 Å². The molecule has 3 unspecified atom stereocenters. The van der Waals surface area contributed by atoms with Gasteiger partial charge in [-0.2, -0.15) is 0 Å². The molecule has 0 radical (unpaired) electrons. The number of aromatic hydroxyl groups is 1. The number of amides is 1. The molecule has 0 aromatic heterocycles. The Balaban J connectivity index is 1.54. The van der Waals surface area contributed by atoms with Crippen molar-refractivity contribution in [1.82, 2.24) is 5.32 Å². The van der Waals surface area contributed by atoms with Gasteiger partial charge in [0.05, 0.1) is 0 Å². The van der Waals surface area contributed by atoms with Gasteiger partial charge in [0.1, 0.15) is 16.9 Å². The number of hydrogen-bond donors (Lipinski definition) is 3. The number of Topliss-reactive ketones (excluding diaryl/α,β-unsaturated/α-hetero) is 1. The molecular formula is C32H41NO4. The second kappa shape index (κ2) is 7.59. The Labute approximate surface area is 220 Å². The highest BCUT2D eigenvalue weighted by atomic mass is 16.3. The first-order valence-corrected chi connectivity index (χ1v) is 14.0.